The molecular formula is C28H33FN2. The maximum Gasteiger partial charge on any atom is 0.0975 e. The molecule has 3 aromatic carbocycles. The lowest BCUT2D eigenvalue weighted by Gasteiger charge is -2.35. The van der Waals surface area contributed by atoms with Crippen LogP contribution in [0.3, 0.4) is 0 Å². The van der Waals surface area contributed by atoms with Gasteiger partial charge in [-0.05, 0) is 36.6 Å². The highest BCUT2D eigenvalue weighted by atomic mass is 19.1. The van der Waals surface area contributed by atoms with E-state index in [9.17, 15) is 4.39 Å². The lowest BCUT2D eigenvalue weighted by Crippen LogP contribution is -2.41. The summed E-state index contributed by atoms with van der Waals surface area (Å²) < 4.78 is 14.6. The molecule has 4 rings (SSSR count). The molecule has 0 bridgehead atoms. The Morgan fingerprint density at radius 1 is 0.839 bits per heavy atom. The Morgan fingerprint density at radius 2 is 1.35 bits per heavy atom. The molecule has 2 nitrogen and oxygen atoms in total. The van der Waals surface area contributed by atoms with Crippen molar-refractivity contribution in [1.29, 1.82) is 0 Å². The fourth-order valence-electron chi connectivity index (χ4n) is 4.85. The van der Waals surface area contributed by atoms with Crippen molar-refractivity contribution < 1.29 is 4.39 Å². The second kappa shape index (κ2) is 10.2. The second-order valence-electron chi connectivity index (χ2n) is 9.06. The number of benzene rings is 3. The zero-order valence-electron chi connectivity index (χ0n) is 18.5. The molecule has 1 aliphatic heterocycles. The number of halogens is 1. The Bertz CT molecular complexity index is 874. The Hall–Kier alpha value is -2.49. The zero-order valence-corrected chi connectivity index (χ0v) is 18.5. The maximum atomic E-state index is 14.6. The fourth-order valence-corrected chi connectivity index (χ4v) is 4.85. The molecule has 0 amide bonds. The Balaban J connectivity index is 1.50. The molecule has 3 heteroatoms. The van der Waals surface area contributed by atoms with E-state index in [0.29, 0.717) is 6.04 Å². The van der Waals surface area contributed by atoms with Crippen LogP contribution in [-0.2, 0) is 13.1 Å². The largest absolute Gasteiger partial charge is 0.296 e. The highest BCUT2D eigenvalue weighted by molar-refractivity contribution is 5.20. The standard InChI is InChI=1S/C28H33FN2/c1-24(27-15-9-4-10-16-27)31-18-17-28(21-29,23-31)22-30(19-25-11-5-2-6-12-25)20-26-13-7-3-8-14-26/h2-16,24H,17-23H2,1H3/t24-,28+/m0/s1. The van der Waals surface area contributed by atoms with E-state index in [4.69, 9.17) is 0 Å². The number of hydrogen-bond acceptors (Lipinski definition) is 2. The average Bonchev–Trinajstić information content (AvgIpc) is 3.25. The molecule has 0 aliphatic carbocycles. The van der Waals surface area contributed by atoms with Crippen LogP contribution in [0, 0.1) is 5.41 Å². The summed E-state index contributed by atoms with van der Waals surface area (Å²) in [6.07, 6.45) is 0.904. The van der Waals surface area contributed by atoms with Crippen LogP contribution in [0.1, 0.15) is 36.1 Å². The predicted octanol–water partition coefficient (Wildman–Crippen LogP) is 6.11. The van der Waals surface area contributed by atoms with Gasteiger partial charge in [-0.3, -0.25) is 14.2 Å². The SMILES string of the molecule is C[C@@H](c1ccccc1)N1CC[C@@](CF)(CN(Cc2ccccc2)Cc2ccccc2)C1. The van der Waals surface area contributed by atoms with Gasteiger partial charge in [0.2, 0.25) is 0 Å². The van der Waals surface area contributed by atoms with E-state index in [1.807, 2.05) is 12.1 Å². The van der Waals surface area contributed by atoms with Gasteiger partial charge >= 0.3 is 0 Å². The molecule has 0 N–H and O–H groups in total. The van der Waals surface area contributed by atoms with Gasteiger partial charge in [0, 0.05) is 37.6 Å². The fraction of sp³-hybridized carbons (Fsp3) is 0.357. The van der Waals surface area contributed by atoms with Crippen molar-refractivity contribution in [3.8, 4) is 0 Å². The lowest BCUT2D eigenvalue weighted by molar-refractivity contribution is 0.103. The number of alkyl halides is 1. The van der Waals surface area contributed by atoms with Crippen LogP contribution in [0.15, 0.2) is 91.0 Å². The van der Waals surface area contributed by atoms with E-state index >= 15 is 0 Å². The molecule has 31 heavy (non-hydrogen) atoms. The predicted molar refractivity (Wildman–Crippen MR) is 126 cm³/mol. The summed E-state index contributed by atoms with van der Waals surface area (Å²) in [7, 11) is 0. The summed E-state index contributed by atoms with van der Waals surface area (Å²) in [4.78, 5) is 4.89. The van der Waals surface area contributed by atoms with E-state index in [-0.39, 0.29) is 12.1 Å². The van der Waals surface area contributed by atoms with Crippen LogP contribution in [0.4, 0.5) is 4.39 Å². The summed E-state index contributed by atoms with van der Waals surface area (Å²) in [5.74, 6) is 0. The second-order valence-corrected chi connectivity index (χ2v) is 9.06. The number of rotatable bonds is 9. The highest BCUT2D eigenvalue weighted by Gasteiger charge is 2.41. The van der Waals surface area contributed by atoms with Crippen molar-refractivity contribution in [3.63, 3.8) is 0 Å². The smallest absolute Gasteiger partial charge is 0.0975 e. The molecule has 0 radical (unpaired) electrons. The molecule has 1 heterocycles. The van der Waals surface area contributed by atoms with E-state index in [0.717, 1.165) is 39.1 Å². The van der Waals surface area contributed by atoms with Gasteiger partial charge in [-0.25, -0.2) is 0 Å². The minimum absolute atomic E-state index is 0.273. The summed E-state index contributed by atoms with van der Waals surface area (Å²) >= 11 is 0. The van der Waals surface area contributed by atoms with Crippen molar-refractivity contribution in [1.82, 2.24) is 9.80 Å². The van der Waals surface area contributed by atoms with Crippen LogP contribution in [0.25, 0.3) is 0 Å². The molecular weight excluding hydrogens is 383 g/mol. The molecule has 2 atom stereocenters. The van der Waals surface area contributed by atoms with Gasteiger partial charge in [0.15, 0.2) is 0 Å². The minimum Gasteiger partial charge on any atom is -0.296 e. The number of likely N-dealkylation sites (tertiary alicyclic amines) is 1. The van der Waals surface area contributed by atoms with E-state index in [1.165, 1.54) is 16.7 Å². The summed E-state index contributed by atoms with van der Waals surface area (Å²) in [6, 6.07) is 32.0. The minimum atomic E-state index is -0.313. The summed E-state index contributed by atoms with van der Waals surface area (Å²) in [5, 5.41) is 0. The van der Waals surface area contributed by atoms with Crippen molar-refractivity contribution in [2.24, 2.45) is 5.41 Å². The van der Waals surface area contributed by atoms with Gasteiger partial charge in [0.05, 0.1) is 6.67 Å². The van der Waals surface area contributed by atoms with Crippen molar-refractivity contribution in [3.05, 3.63) is 108 Å². The first-order valence-corrected chi connectivity index (χ1v) is 11.3. The van der Waals surface area contributed by atoms with Crippen molar-refractivity contribution in [2.45, 2.75) is 32.5 Å². The molecule has 0 saturated carbocycles. The van der Waals surface area contributed by atoms with Gasteiger partial charge < -0.3 is 0 Å². The summed E-state index contributed by atoms with van der Waals surface area (Å²) in [6.45, 7) is 6.17. The van der Waals surface area contributed by atoms with E-state index in [2.05, 4.69) is 95.6 Å². The molecule has 0 aromatic heterocycles. The first kappa shape index (κ1) is 21.7. The topological polar surface area (TPSA) is 6.48 Å². The average molecular weight is 417 g/mol. The van der Waals surface area contributed by atoms with Gasteiger partial charge in [0.1, 0.15) is 0 Å². The van der Waals surface area contributed by atoms with Crippen LogP contribution in [0.2, 0.25) is 0 Å². The van der Waals surface area contributed by atoms with Crippen LogP contribution in [0.5, 0.6) is 0 Å². The third-order valence-corrected chi connectivity index (χ3v) is 6.64. The third-order valence-electron chi connectivity index (χ3n) is 6.64. The molecule has 1 aliphatic rings. The van der Waals surface area contributed by atoms with Crippen molar-refractivity contribution >= 4 is 0 Å². The maximum absolute atomic E-state index is 14.6. The zero-order chi connectivity index (χ0) is 21.5. The number of nitrogens with zero attached hydrogens (tertiary/aromatic N) is 2. The van der Waals surface area contributed by atoms with Crippen LogP contribution < -0.4 is 0 Å². The molecule has 0 spiro atoms. The third kappa shape index (κ3) is 5.61. The molecule has 1 saturated heterocycles. The normalized spacial score (nSPS) is 20.2. The van der Waals surface area contributed by atoms with Crippen LogP contribution >= 0.6 is 0 Å². The molecule has 0 unspecified atom stereocenters. The van der Waals surface area contributed by atoms with E-state index in [1.54, 1.807) is 0 Å². The lowest BCUT2D eigenvalue weighted by atomic mass is 9.87. The van der Waals surface area contributed by atoms with Gasteiger partial charge in [-0.15, -0.1) is 0 Å². The highest BCUT2D eigenvalue weighted by Crippen LogP contribution is 2.37. The molecule has 162 valence electrons. The first-order valence-electron chi connectivity index (χ1n) is 11.3. The number of hydrogen-bond donors (Lipinski definition) is 0. The Morgan fingerprint density at radius 3 is 1.87 bits per heavy atom. The molecule has 1 fully saturated rings. The Kier molecular flexibility index (Phi) is 7.16. The summed E-state index contributed by atoms with van der Waals surface area (Å²) in [5.41, 5.74) is 3.55. The van der Waals surface area contributed by atoms with Crippen LogP contribution in [-0.4, -0.2) is 36.1 Å². The Labute approximate surface area is 186 Å². The van der Waals surface area contributed by atoms with Crippen molar-refractivity contribution in [2.75, 3.05) is 26.3 Å². The van der Waals surface area contributed by atoms with Gasteiger partial charge in [-0.2, -0.15) is 0 Å². The molecule has 3 aromatic rings. The quantitative estimate of drug-likeness (QED) is 0.415. The van der Waals surface area contributed by atoms with Gasteiger partial charge in [0.25, 0.3) is 0 Å². The monoisotopic (exact) mass is 416 g/mol. The van der Waals surface area contributed by atoms with E-state index < -0.39 is 0 Å². The first-order chi connectivity index (χ1) is 15.2. The van der Waals surface area contributed by atoms with Gasteiger partial charge in [-0.1, -0.05) is 91.0 Å².